The van der Waals surface area contributed by atoms with E-state index in [1.165, 1.54) is 13.2 Å². The van der Waals surface area contributed by atoms with Gasteiger partial charge in [0.1, 0.15) is 18.1 Å². The fourth-order valence-electron chi connectivity index (χ4n) is 3.99. The Kier molecular flexibility index (Phi) is 12.4. The molecule has 16 heteroatoms. The first-order chi connectivity index (χ1) is 19.9. The normalized spacial score (nSPS) is 16.0. The van der Waals surface area contributed by atoms with Crippen molar-refractivity contribution in [2.75, 3.05) is 26.8 Å². The van der Waals surface area contributed by atoms with Crippen molar-refractivity contribution in [1.82, 2.24) is 20.9 Å². The zero-order chi connectivity index (χ0) is 32.5. The number of amides is 3. The number of ketones is 1. The monoisotopic (exact) mass is 624 g/mol. The molecule has 43 heavy (non-hydrogen) atoms. The maximum Gasteiger partial charge on any atom is 0.423 e. The smallest absolute Gasteiger partial charge is 0.423 e. The summed E-state index contributed by atoms with van der Waals surface area (Å²) in [7, 11) is 1.44. The van der Waals surface area contributed by atoms with Crippen molar-refractivity contribution >= 4 is 34.4 Å². The third kappa shape index (κ3) is 10.8. The van der Waals surface area contributed by atoms with E-state index in [-0.39, 0.29) is 18.7 Å². The third-order valence-corrected chi connectivity index (χ3v) is 5.89. The van der Waals surface area contributed by atoms with E-state index in [1.54, 1.807) is 18.2 Å². The number of rotatable bonds is 11. The number of benzene rings is 1. The molecule has 1 aliphatic heterocycles. The highest BCUT2D eigenvalue weighted by Crippen LogP contribution is 2.35. The number of carbonyl (C=O) groups is 4. The number of fused-ring (bicyclic) bond motifs is 1. The molecule has 10 nitrogen and oxygen atoms in total. The largest absolute Gasteiger partial charge is 0.496 e. The van der Waals surface area contributed by atoms with Crippen LogP contribution < -0.4 is 20.7 Å². The van der Waals surface area contributed by atoms with Gasteiger partial charge in [0.15, 0.2) is 5.78 Å². The number of H-pyrrole nitrogens is 1. The van der Waals surface area contributed by atoms with Crippen LogP contribution in [0, 0.1) is 11.8 Å². The number of alkyl halides is 6. The molecular weight excluding hydrogens is 590 g/mol. The molecule has 2 heterocycles. The minimum Gasteiger partial charge on any atom is -0.496 e. The Labute approximate surface area is 243 Å². The molecule has 0 aliphatic carbocycles. The van der Waals surface area contributed by atoms with Crippen LogP contribution in [0.4, 0.5) is 26.3 Å². The van der Waals surface area contributed by atoms with Gasteiger partial charge in [-0.2, -0.15) is 26.3 Å². The summed E-state index contributed by atoms with van der Waals surface area (Å²) in [4.78, 5) is 52.3. The number of carbonyl (C=O) groups excluding carboxylic acids is 4. The lowest BCUT2D eigenvalue weighted by Crippen LogP contribution is -2.50. The average Bonchev–Trinajstić information content (AvgIpc) is 3.50. The summed E-state index contributed by atoms with van der Waals surface area (Å²) >= 11 is 0. The molecule has 0 saturated carbocycles. The van der Waals surface area contributed by atoms with Gasteiger partial charge in [0.05, 0.1) is 19.7 Å². The molecule has 0 bridgehead atoms. The fraction of sp³-hybridized carbons (Fsp3) is 0.556. The minimum atomic E-state index is -5.83. The van der Waals surface area contributed by atoms with Crippen LogP contribution in [0.1, 0.15) is 44.1 Å². The number of methoxy groups -OCH3 is 1. The van der Waals surface area contributed by atoms with E-state index < -0.39 is 73.5 Å². The van der Waals surface area contributed by atoms with Gasteiger partial charge in [-0.1, -0.05) is 26.8 Å². The molecule has 1 aromatic heterocycles. The summed E-state index contributed by atoms with van der Waals surface area (Å²) < 4.78 is 85.6. The van der Waals surface area contributed by atoms with Crippen LogP contribution in [0.2, 0.25) is 0 Å². The van der Waals surface area contributed by atoms with Crippen LogP contribution in [0.3, 0.4) is 0 Å². The highest BCUT2D eigenvalue weighted by molar-refractivity contribution is 6.01. The number of hydrogen-bond acceptors (Lipinski definition) is 6. The number of Topliss-reactive ketones (excluding diaryl/α,β-unsaturated/α-hetero) is 1. The number of hydrogen-bond donors (Lipinski definition) is 4. The minimum absolute atomic E-state index is 0.0660. The molecule has 0 radical (unpaired) electrons. The summed E-state index contributed by atoms with van der Waals surface area (Å²) in [6, 6.07) is 4.86. The third-order valence-electron chi connectivity index (χ3n) is 5.89. The Bertz CT molecular complexity index is 1260. The second-order valence-corrected chi connectivity index (χ2v) is 10.4. The Morgan fingerprint density at radius 1 is 1.07 bits per heavy atom. The van der Waals surface area contributed by atoms with Gasteiger partial charge in [0.2, 0.25) is 17.9 Å². The lowest BCUT2D eigenvalue weighted by molar-refractivity contribution is -0.319. The highest BCUT2D eigenvalue weighted by Gasteiger charge is 2.58. The zero-order valence-electron chi connectivity index (χ0n) is 23.9. The molecular formula is C27H34F6N4O6. The summed E-state index contributed by atoms with van der Waals surface area (Å²) in [5.74, 6) is -3.00. The summed E-state index contributed by atoms with van der Waals surface area (Å²) in [5.41, 5.74) is 0.636. The maximum atomic E-state index is 12.8. The Morgan fingerprint density at radius 2 is 1.70 bits per heavy atom. The van der Waals surface area contributed by atoms with Crippen LogP contribution in [-0.4, -0.2) is 79.8 Å². The topological polar surface area (TPSA) is 139 Å². The molecule has 4 N–H and O–H groups in total. The van der Waals surface area contributed by atoms with Gasteiger partial charge in [-0.3, -0.25) is 19.2 Å². The first kappa shape index (κ1) is 35.4. The maximum absolute atomic E-state index is 12.8. The van der Waals surface area contributed by atoms with Crippen LogP contribution in [-0.2, 0) is 19.1 Å². The molecule has 1 aromatic carbocycles. The average molecular weight is 625 g/mol. The van der Waals surface area contributed by atoms with E-state index >= 15 is 0 Å². The molecule has 240 valence electrons. The second kappa shape index (κ2) is 15.1. The SMILES string of the molecule is CC(C)C.COc1cccc2[nH]c(C(=O)NCC(=O)N[C@@H](CC3CCNC3=O)C(=O)COC(C(F)(F)F)C(F)(F)F)cc12. The molecule has 1 aliphatic rings. The molecule has 0 spiro atoms. The van der Waals surface area contributed by atoms with Crippen LogP contribution in [0.15, 0.2) is 24.3 Å². The zero-order valence-corrected chi connectivity index (χ0v) is 23.9. The lowest BCUT2D eigenvalue weighted by atomic mass is 9.96. The van der Waals surface area contributed by atoms with Crippen molar-refractivity contribution in [2.24, 2.45) is 11.8 Å². The van der Waals surface area contributed by atoms with Gasteiger partial charge in [0, 0.05) is 23.4 Å². The highest BCUT2D eigenvalue weighted by atomic mass is 19.4. The van der Waals surface area contributed by atoms with Crippen LogP contribution in [0.5, 0.6) is 5.75 Å². The van der Waals surface area contributed by atoms with E-state index in [0.717, 1.165) is 5.92 Å². The van der Waals surface area contributed by atoms with E-state index in [1.807, 2.05) is 0 Å². The standard InChI is InChI=1S/C23H24F6N4O6.C4H10/c1-38-17-4-2-3-13-12(17)8-15(32-13)20(37)31-9-18(35)33-14(7-11-5-6-30-19(11)36)16(34)10-39-21(22(24,25)26)23(27,28)29;1-4(2)3/h2-4,8,11,14,21,32H,5-7,9-10H2,1H3,(H,30,36)(H,31,37)(H,33,35);4H,1-3H3/t11?,14-;/m0./s1. The molecule has 3 rings (SSSR count). The number of halogens is 6. The summed E-state index contributed by atoms with van der Waals surface area (Å²) in [5, 5.41) is 7.52. The first-order valence-electron chi connectivity index (χ1n) is 13.2. The van der Waals surface area contributed by atoms with Gasteiger partial charge >= 0.3 is 12.4 Å². The Hall–Kier alpha value is -3.82. The predicted molar refractivity (Wildman–Crippen MR) is 142 cm³/mol. The van der Waals surface area contributed by atoms with Crippen molar-refractivity contribution in [3.63, 3.8) is 0 Å². The second-order valence-electron chi connectivity index (χ2n) is 10.4. The van der Waals surface area contributed by atoms with Crippen LogP contribution in [0.25, 0.3) is 10.9 Å². The van der Waals surface area contributed by atoms with Crippen molar-refractivity contribution in [3.05, 3.63) is 30.0 Å². The lowest BCUT2D eigenvalue weighted by Gasteiger charge is -2.25. The van der Waals surface area contributed by atoms with Crippen molar-refractivity contribution in [3.8, 4) is 5.75 Å². The molecule has 1 unspecified atom stereocenters. The first-order valence-corrected chi connectivity index (χ1v) is 13.2. The number of nitrogens with one attached hydrogen (secondary N) is 4. The quantitative estimate of drug-likeness (QED) is 0.282. The van der Waals surface area contributed by atoms with E-state index in [2.05, 4.69) is 46.4 Å². The van der Waals surface area contributed by atoms with E-state index in [0.29, 0.717) is 16.7 Å². The van der Waals surface area contributed by atoms with Crippen molar-refractivity contribution in [2.45, 2.75) is 58.1 Å². The molecule has 1 fully saturated rings. The molecule has 1 saturated heterocycles. The predicted octanol–water partition coefficient (Wildman–Crippen LogP) is 3.66. The van der Waals surface area contributed by atoms with Crippen molar-refractivity contribution in [1.29, 1.82) is 0 Å². The number of ether oxygens (including phenoxy) is 2. The Balaban J connectivity index is 0.00000151. The number of aromatic nitrogens is 1. The van der Waals surface area contributed by atoms with Gasteiger partial charge in [-0.25, -0.2) is 0 Å². The van der Waals surface area contributed by atoms with Gasteiger partial charge in [0.25, 0.3) is 5.91 Å². The van der Waals surface area contributed by atoms with E-state index in [9.17, 15) is 45.5 Å². The van der Waals surface area contributed by atoms with Gasteiger partial charge in [-0.15, -0.1) is 0 Å². The number of aromatic amines is 1. The fourth-order valence-corrected chi connectivity index (χ4v) is 3.99. The van der Waals surface area contributed by atoms with Crippen LogP contribution >= 0.6 is 0 Å². The summed E-state index contributed by atoms with van der Waals surface area (Å²) in [6.07, 6.45) is -16.0. The molecule has 3 amide bonds. The molecule has 2 atom stereocenters. The van der Waals surface area contributed by atoms with Gasteiger partial charge in [-0.05, 0) is 37.0 Å². The summed E-state index contributed by atoms with van der Waals surface area (Å²) in [6.45, 7) is 4.41. The Morgan fingerprint density at radius 3 is 2.23 bits per heavy atom. The molecule has 2 aromatic rings. The van der Waals surface area contributed by atoms with E-state index in [4.69, 9.17) is 4.74 Å². The van der Waals surface area contributed by atoms with Crippen molar-refractivity contribution < 1.29 is 55.0 Å². The van der Waals surface area contributed by atoms with Gasteiger partial charge < -0.3 is 30.4 Å².